The molecule has 10 nitrogen and oxygen atoms in total. The van der Waals surface area contributed by atoms with E-state index in [2.05, 4.69) is 0 Å². The molecule has 30 heavy (non-hydrogen) atoms. The van der Waals surface area contributed by atoms with Crippen LogP contribution in [0.4, 0.5) is 0 Å². The predicted molar refractivity (Wildman–Crippen MR) is 101 cm³/mol. The first kappa shape index (κ1) is 20.0. The summed E-state index contributed by atoms with van der Waals surface area (Å²) in [7, 11) is 0. The molecule has 0 spiro atoms. The molecule has 1 aliphatic heterocycles. The van der Waals surface area contributed by atoms with E-state index in [1.807, 2.05) is 0 Å². The first-order chi connectivity index (χ1) is 14.3. The standard InChI is InChI=1S/C20H18O10/c21-7-13-15(25)17(27)20(29-13)30-19-16(26)14-11(24)5-10(23)6-12(14)28-18(19)8-1-3-9(22)4-2-8/h1-6,13,15,17,20-25,27H,7H2/t13-,15-,17+,20+/m0/s1. The summed E-state index contributed by atoms with van der Waals surface area (Å²) in [4.78, 5) is 13.1. The maximum absolute atomic E-state index is 13.1. The zero-order chi connectivity index (χ0) is 21.6. The van der Waals surface area contributed by atoms with Gasteiger partial charge in [-0.25, -0.2) is 0 Å². The van der Waals surface area contributed by atoms with Crippen molar-refractivity contribution in [3.63, 3.8) is 0 Å². The maximum atomic E-state index is 13.1. The van der Waals surface area contributed by atoms with E-state index < -0.39 is 48.1 Å². The Morgan fingerprint density at radius 3 is 2.30 bits per heavy atom. The molecular formula is C20H18O10. The van der Waals surface area contributed by atoms with Crippen molar-refractivity contribution < 1.29 is 44.5 Å². The number of aliphatic hydroxyl groups excluding tert-OH is 3. The molecule has 6 N–H and O–H groups in total. The van der Waals surface area contributed by atoms with Crippen LogP contribution in [0.2, 0.25) is 0 Å². The maximum Gasteiger partial charge on any atom is 0.239 e. The number of rotatable bonds is 4. The molecule has 158 valence electrons. The highest BCUT2D eigenvalue weighted by Crippen LogP contribution is 2.37. The summed E-state index contributed by atoms with van der Waals surface area (Å²) in [5.41, 5.74) is -0.653. The molecule has 0 amide bonds. The van der Waals surface area contributed by atoms with Crippen LogP contribution < -0.4 is 10.2 Å². The summed E-state index contributed by atoms with van der Waals surface area (Å²) >= 11 is 0. The first-order valence-electron chi connectivity index (χ1n) is 8.91. The molecular weight excluding hydrogens is 400 g/mol. The molecule has 2 heterocycles. The lowest BCUT2D eigenvalue weighted by atomic mass is 10.1. The fourth-order valence-electron chi connectivity index (χ4n) is 3.26. The number of hydrogen-bond acceptors (Lipinski definition) is 10. The lowest BCUT2D eigenvalue weighted by Crippen LogP contribution is -2.36. The van der Waals surface area contributed by atoms with Gasteiger partial charge in [-0.3, -0.25) is 4.79 Å². The Labute approximate surface area is 168 Å². The number of aliphatic hydroxyl groups is 3. The molecule has 1 fully saturated rings. The van der Waals surface area contributed by atoms with Gasteiger partial charge in [0.05, 0.1) is 6.61 Å². The number of fused-ring (bicyclic) bond motifs is 1. The van der Waals surface area contributed by atoms with Crippen molar-refractivity contribution in [2.75, 3.05) is 6.61 Å². The van der Waals surface area contributed by atoms with Crippen molar-refractivity contribution in [1.29, 1.82) is 0 Å². The minimum absolute atomic E-state index is 0.0388. The predicted octanol–water partition coefficient (Wildman–Crippen LogP) is 0.395. The molecule has 2 aromatic carbocycles. The molecule has 4 rings (SSSR count). The molecule has 0 radical (unpaired) electrons. The molecule has 0 unspecified atom stereocenters. The van der Waals surface area contributed by atoms with Gasteiger partial charge >= 0.3 is 0 Å². The van der Waals surface area contributed by atoms with Crippen molar-refractivity contribution in [1.82, 2.24) is 0 Å². The Bertz CT molecular complexity index is 1140. The average molecular weight is 418 g/mol. The topological polar surface area (TPSA) is 170 Å². The number of benzene rings is 2. The van der Waals surface area contributed by atoms with Gasteiger partial charge in [-0.05, 0) is 24.3 Å². The minimum Gasteiger partial charge on any atom is -0.508 e. The number of hydrogen-bond donors (Lipinski definition) is 6. The normalized spacial score (nSPS) is 23.7. The van der Waals surface area contributed by atoms with Crippen LogP contribution in [-0.2, 0) is 4.74 Å². The molecule has 1 saturated heterocycles. The number of ether oxygens (including phenoxy) is 2. The Morgan fingerprint density at radius 1 is 0.967 bits per heavy atom. The number of aromatic hydroxyl groups is 3. The van der Waals surface area contributed by atoms with Gasteiger partial charge in [0, 0.05) is 17.7 Å². The van der Waals surface area contributed by atoms with Crippen LogP contribution in [0, 0.1) is 0 Å². The molecule has 10 heteroatoms. The summed E-state index contributed by atoms with van der Waals surface area (Å²) in [5, 5.41) is 58.4. The molecule has 3 aromatic rings. The zero-order valence-electron chi connectivity index (χ0n) is 15.3. The van der Waals surface area contributed by atoms with E-state index >= 15 is 0 Å². The third-order valence-electron chi connectivity index (χ3n) is 4.78. The SMILES string of the molecule is O=c1c(O[C@H]2O[C@@H](CO)[C@H](O)[C@H]2O)c(-c2ccc(O)cc2)oc2cc(O)cc(O)c12. The highest BCUT2D eigenvalue weighted by molar-refractivity contribution is 5.88. The Kier molecular flexibility index (Phi) is 5.00. The lowest BCUT2D eigenvalue weighted by Gasteiger charge is -2.18. The first-order valence-corrected chi connectivity index (χ1v) is 8.91. The van der Waals surface area contributed by atoms with Crippen LogP contribution in [0.15, 0.2) is 45.6 Å². The molecule has 0 aliphatic carbocycles. The summed E-state index contributed by atoms with van der Waals surface area (Å²) in [5.74, 6) is -1.50. The van der Waals surface area contributed by atoms with Gasteiger partial charge in [0.15, 0.2) is 5.76 Å². The monoisotopic (exact) mass is 418 g/mol. The fourth-order valence-corrected chi connectivity index (χ4v) is 3.26. The van der Waals surface area contributed by atoms with E-state index in [1.54, 1.807) is 0 Å². The van der Waals surface area contributed by atoms with Crippen LogP contribution in [0.1, 0.15) is 0 Å². The summed E-state index contributed by atoms with van der Waals surface area (Å²) < 4.78 is 16.5. The van der Waals surface area contributed by atoms with E-state index in [0.29, 0.717) is 5.56 Å². The van der Waals surface area contributed by atoms with Crippen LogP contribution in [0.25, 0.3) is 22.3 Å². The second-order valence-electron chi connectivity index (χ2n) is 6.80. The fraction of sp³-hybridized carbons (Fsp3) is 0.250. The van der Waals surface area contributed by atoms with Crippen molar-refractivity contribution in [2.24, 2.45) is 0 Å². The van der Waals surface area contributed by atoms with Crippen LogP contribution >= 0.6 is 0 Å². The highest BCUT2D eigenvalue weighted by atomic mass is 16.7. The van der Waals surface area contributed by atoms with Crippen LogP contribution in [-0.4, -0.2) is 61.8 Å². The molecule has 0 bridgehead atoms. The van der Waals surface area contributed by atoms with Gasteiger partial charge in [0.2, 0.25) is 17.5 Å². The third kappa shape index (κ3) is 3.31. The second-order valence-corrected chi connectivity index (χ2v) is 6.80. The Hall–Kier alpha value is -3.31. The minimum atomic E-state index is -1.57. The van der Waals surface area contributed by atoms with Gasteiger partial charge in [-0.1, -0.05) is 0 Å². The molecule has 0 saturated carbocycles. The zero-order valence-corrected chi connectivity index (χ0v) is 15.3. The van der Waals surface area contributed by atoms with Crippen LogP contribution in [0.5, 0.6) is 23.0 Å². The van der Waals surface area contributed by atoms with E-state index in [4.69, 9.17) is 13.9 Å². The number of phenols is 3. The third-order valence-corrected chi connectivity index (χ3v) is 4.78. The van der Waals surface area contributed by atoms with Gasteiger partial charge in [-0.15, -0.1) is 0 Å². The van der Waals surface area contributed by atoms with Crippen molar-refractivity contribution in [3.8, 4) is 34.3 Å². The highest BCUT2D eigenvalue weighted by Gasteiger charge is 2.44. The summed E-state index contributed by atoms with van der Waals surface area (Å²) in [6, 6.07) is 7.65. The van der Waals surface area contributed by atoms with E-state index in [0.717, 1.165) is 12.1 Å². The quantitative estimate of drug-likeness (QED) is 0.348. The summed E-state index contributed by atoms with van der Waals surface area (Å²) in [6.45, 7) is -0.588. The van der Waals surface area contributed by atoms with Gasteiger partial charge in [0.1, 0.15) is 46.5 Å². The summed E-state index contributed by atoms with van der Waals surface area (Å²) in [6.07, 6.45) is -5.65. The van der Waals surface area contributed by atoms with E-state index in [-0.39, 0.29) is 28.2 Å². The van der Waals surface area contributed by atoms with Crippen molar-refractivity contribution in [2.45, 2.75) is 24.6 Å². The Balaban J connectivity index is 1.90. The number of phenolic OH excluding ortho intramolecular Hbond substituents is 3. The van der Waals surface area contributed by atoms with E-state index in [9.17, 15) is 35.4 Å². The van der Waals surface area contributed by atoms with E-state index in [1.165, 1.54) is 24.3 Å². The van der Waals surface area contributed by atoms with Gasteiger partial charge in [0.25, 0.3) is 0 Å². The second kappa shape index (κ2) is 7.50. The molecule has 4 atom stereocenters. The smallest absolute Gasteiger partial charge is 0.239 e. The van der Waals surface area contributed by atoms with Gasteiger partial charge < -0.3 is 44.5 Å². The largest absolute Gasteiger partial charge is 0.508 e. The molecule has 1 aliphatic rings. The average Bonchev–Trinajstić information content (AvgIpc) is 2.97. The van der Waals surface area contributed by atoms with Crippen LogP contribution in [0.3, 0.4) is 0 Å². The van der Waals surface area contributed by atoms with Crippen molar-refractivity contribution >= 4 is 11.0 Å². The van der Waals surface area contributed by atoms with Gasteiger partial charge in [-0.2, -0.15) is 0 Å². The lowest BCUT2D eigenvalue weighted by molar-refractivity contribution is -0.117. The molecule has 1 aromatic heterocycles. The Morgan fingerprint density at radius 2 is 1.67 bits per heavy atom. The van der Waals surface area contributed by atoms with Crippen molar-refractivity contribution in [3.05, 3.63) is 46.6 Å².